The van der Waals surface area contributed by atoms with Crippen molar-refractivity contribution in [3.63, 3.8) is 0 Å². The molecule has 1 saturated carbocycles. The second kappa shape index (κ2) is 9.25. The van der Waals surface area contributed by atoms with E-state index in [1.165, 1.54) is 11.1 Å². The van der Waals surface area contributed by atoms with Gasteiger partial charge in [0.25, 0.3) is 0 Å². The minimum atomic E-state index is -0.883. The first-order valence-corrected chi connectivity index (χ1v) is 11.3. The number of aliphatic carboxylic acids is 1. The van der Waals surface area contributed by atoms with E-state index in [0.717, 1.165) is 11.1 Å². The van der Waals surface area contributed by atoms with Gasteiger partial charge < -0.3 is 20.5 Å². The fourth-order valence-corrected chi connectivity index (χ4v) is 4.59. The highest BCUT2D eigenvalue weighted by molar-refractivity contribution is 5.82. The first kappa shape index (κ1) is 22.8. The van der Waals surface area contributed by atoms with Gasteiger partial charge in [0, 0.05) is 24.9 Å². The number of hydrogen-bond acceptors (Lipinski definition) is 4. The van der Waals surface area contributed by atoms with E-state index < -0.39 is 17.5 Å². The number of ether oxygens (including phenoxy) is 1. The molecule has 2 amide bonds. The van der Waals surface area contributed by atoms with Gasteiger partial charge in [0.2, 0.25) is 5.91 Å². The van der Waals surface area contributed by atoms with E-state index in [2.05, 4.69) is 34.9 Å². The lowest BCUT2D eigenvalue weighted by atomic mass is 9.89. The van der Waals surface area contributed by atoms with Crippen LogP contribution in [0, 0.1) is 17.3 Å². The lowest BCUT2D eigenvalue weighted by Gasteiger charge is -2.22. The van der Waals surface area contributed by atoms with Crippen molar-refractivity contribution in [3.05, 3.63) is 59.7 Å². The predicted octanol–water partition coefficient (Wildman–Crippen LogP) is 3.78. The second-order valence-electron chi connectivity index (χ2n) is 9.76. The molecule has 0 heterocycles. The summed E-state index contributed by atoms with van der Waals surface area (Å²) in [5.74, 6) is -1.04. The standard InChI is InChI=1S/C26H30N2O5/c1-26(2,12-23(29)30)15-28-24(31)21-11-16(21)13-27-25(32)33-14-22-19-9-5-3-7-17(19)18-8-4-6-10-20(18)22/h3-10,16,21-22H,11-15H2,1-2H3,(H,27,32)(H,28,31)(H,29,30). The summed E-state index contributed by atoms with van der Waals surface area (Å²) in [6.45, 7) is 4.57. The number of rotatable bonds is 9. The molecule has 33 heavy (non-hydrogen) atoms. The average molecular weight is 451 g/mol. The van der Waals surface area contributed by atoms with Crippen LogP contribution in [0.15, 0.2) is 48.5 Å². The van der Waals surface area contributed by atoms with Crippen LogP contribution in [0.5, 0.6) is 0 Å². The zero-order valence-corrected chi connectivity index (χ0v) is 19.0. The number of benzene rings is 2. The van der Waals surface area contributed by atoms with Crippen LogP contribution in [-0.4, -0.2) is 42.8 Å². The topological polar surface area (TPSA) is 105 Å². The maximum Gasteiger partial charge on any atom is 0.407 e. The number of nitrogens with one attached hydrogen (secondary N) is 2. The van der Waals surface area contributed by atoms with Gasteiger partial charge in [0.05, 0.1) is 6.42 Å². The van der Waals surface area contributed by atoms with Crippen LogP contribution in [0.25, 0.3) is 11.1 Å². The Morgan fingerprint density at radius 1 is 1.00 bits per heavy atom. The van der Waals surface area contributed by atoms with Gasteiger partial charge in [0.1, 0.15) is 6.61 Å². The van der Waals surface area contributed by atoms with Crippen molar-refractivity contribution in [2.24, 2.45) is 17.3 Å². The van der Waals surface area contributed by atoms with Gasteiger partial charge in [-0.05, 0) is 40.0 Å². The fourth-order valence-electron chi connectivity index (χ4n) is 4.59. The molecule has 0 aromatic heterocycles. The van der Waals surface area contributed by atoms with Crippen molar-refractivity contribution in [2.45, 2.75) is 32.6 Å². The highest BCUT2D eigenvalue weighted by atomic mass is 16.5. The van der Waals surface area contributed by atoms with Crippen LogP contribution in [0.3, 0.4) is 0 Å². The maximum atomic E-state index is 12.3. The van der Waals surface area contributed by atoms with Crippen molar-refractivity contribution in [2.75, 3.05) is 19.7 Å². The van der Waals surface area contributed by atoms with Crippen LogP contribution >= 0.6 is 0 Å². The SMILES string of the molecule is CC(C)(CNC(=O)C1CC1CNC(=O)OCC1c2ccccc2-c2ccccc21)CC(=O)O. The number of carbonyl (C=O) groups excluding carboxylic acids is 2. The number of carboxylic acid groups (broad SMARTS) is 1. The first-order valence-electron chi connectivity index (χ1n) is 11.3. The smallest absolute Gasteiger partial charge is 0.407 e. The third-order valence-corrected chi connectivity index (χ3v) is 6.48. The van der Waals surface area contributed by atoms with Gasteiger partial charge >= 0.3 is 12.1 Å². The lowest BCUT2D eigenvalue weighted by molar-refractivity contribution is -0.139. The van der Waals surface area contributed by atoms with Crippen molar-refractivity contribution >= 4 is 18.0 Å². The van der Waals surface area contributed by atoms with E-state index in [1.54, 1.807) is 0 Å². The Morgan fingerprint density at radius 3 is 2.21 bits per heavy atom. The fraction of sp³-hybridized carbons (Fsp3) is 0.423. The molecule has 2 aromatic rings. The maximum absolute atomic E-state index is 12.3. The van der Waals surface area contributed by atoms with Gasteiger partial charge in [-0.25, -0.2) is 4.79 Å². The van der Waals surface area contributed by atoms with E-state index >= 15 is 0 Å². The van der Waals surface area contributed by atoms with Crippen molar-refractivity contribution in [1.29, 1.82) is 0 Å². The molecular weight excluding hydrogens is 420 g/mol. The minimum Gasteiger partial charge on any atom is -0.481 e. The molecule has 0 bridgehead atoms. The van der Waals surface area contributed by atoms with E-state index in [4.69, 9.17) is 9.84 Å². The highest BCUT2D eigenvalue weighted by Gasteiger charge is 2.43. The number of carbonyl (C=O) groups is 3. The van der Waals surface area contributed by atoms with Gasteiger partial charge in [-0.2, -0.15) is 0 Å². The summed E-state index contributed by atoms with van der Waals surface area (Å²) >= 11 is 0. The first-order chi connectivity index (χ1) is 15.7. The molecule has 7 nitrogen and oxygen atoms in total. The summed E-state index contributed by atoms with van der Waals surface area (Å²) < 4.78 is 5.54. The Kier molecular flexibility index (Phi) is 6.40. The summed E-state index contributed by atoms with van der Waals surface area (Å²) in [4.78, 5) is 35.5. The molecule has 4 rings (SSSR count). The summed E-state index contributed by atoms with van der Waals surface area (Å²) in [7, 11) is 0. The quantitative estimate of drug-likeness (QED) is 0.539. The van der Waals surface area contributed by atoms with Crippen molar-refractivity contribution < 1.29 is 24.2 Å². The second-order valence-corrected chi connectivity index (χ2v) is 9.76. The Bertz CT molecular complexity index is 1020. The Morgan fingerprint density at radius 2 is 1.61 bits per heavy atom. The third kappa shape index (κ3) is 5.35. The summed E-state index contributed by atoms with van der Waals surface area (Å²) in [5, 5.41) is 14.6. The monoisotopic (exact) mass is 450 g/mol. The number of amides is 2. The molecule has 174 valence electrons. The molecule has 3 N–H and O–H groups in total. The van der Waals surface area contributed by atoms with Crippen molar-refractivity contribution in [1.82, 2.24) is 10.6 Å². The number of carboxylic acids is 1. The van der Waals surface area contributed by atoms with Gasteiger partial charge in [-0.3, -0.25) is 9.59 Å². The van der Waals surface area contributed by atoms with E-state index in [1.807, 2.05) is 38.1 Å². The molecule has 0 spiro atoms. The number of alkyl carbamates (subject to hydrolysis) is 1. The summed E-state index contributed by atoms with van der Waals surface area (Å²) in [6.07, 6.45) is 0.213. The molecule has 0 saturated heterocycles. The van der Waals surface area contributed by atoms with Gasteiger partial charge in [0.15, 0.2) is 0 Å². The van der Waals surface area contributed by atoms with Gasteiger partial charge in [-0.1, -0.05) is 62.4 Å². The van der Waals surface area contributed by atoms with Crippen molar-refractivity contribution in [3.8, 4) is 11.1 Å². The predicted molar refractivity (Wildman–Crippen MR) is 124 cm³/mol. The Balaban J connectivity index is 1.21. The molecule has 0 aliphatic heterocycles. The third-order valence-electron chi connectivity index (χ3n) is 6.48. The van der Waals surface area contributed by atoms with Crippen LogP contribution in [0.4, 0.5) is 4.79 Å². The van der Waals surface area contributed by atoms with Crippen LogP contribution in [0.2, 0.25) is 0 Å². The molecule has 0 radical (unpaired) electrons. The van der Waals surface area contributed by atoms with Gasteiger partial charge in [-0.15, -0.1) is 0 Å². The highest BCUT2D eigenvalue weighted by Crippen LogP contribution is 2.44. The van der Waals surface area contributed by atoms with E-state index in [9.17, 15) is 14.4 Å². The Labute approximate surface area is 193 Å². The minimum absolute atomic E-state index is 0.00921. The van der Waals surface area contributed by atoms with E-state index in [0.29, 0.717) is 19.5 Å². The normalized spacial score (nSPS) is 18.7. The largest absolute Gasteiger partial charge is 0.481 e. The van der Waals surface area contributed by atoms with Crippen LogP contribution < -0.4 is 10.6 Å². The molecule has 7 heteroatoms. The summed E-state index contributed by atoms with van der Waals surface area (Å²) in [6, 6.07) is 16.4. The molecule has 2 atom stereocenters. The van der Waals surface area contributed by atoms with E-state index in [-0.39, 0.29) is 36.7 Å². The Hall–Kier alpha value is -3.35. The number of hydrogen-bond donors (Lipinski definition) is 3. The lowest BCUT2D eigenvalue weighted by Crippen LogP contribution is -2.37. The molecule has 2 aromatic carbocycles. The molecular formula is C26H30N2O5. The summed E-state index contributed by atoms with van der Waals surface area (Å²) in [5.41, 5.74) is 4.18. The molecule has 1 fully saturated rings. The van der Waals surface area contributed by atoms with Crippen LogP contribution in [-0.2, 0) is 14.3 Å². The molecule has 2 aliphatic carbocycles. The molecule has 2 aliphatic rings. The number of fused-ring (bicyclic) bond motifs is 3. The average Bonchev–Trinajstić information content (AvgIpc) is 3.49. The van der Waals surface area contributed by atoms with Crippen LogP contribution in [0.1, 0.15) is 43.7 Å². The zero-order valence-electron chi connectivity index (χ0n) is 19.0. The molecule has 2 unspecified atom stereocenters. The zero-order chi connectivity index (χ0) is 23.6.